The Morgan fingerprint density at radius 3 is 2.50 bits per heavy atom. The fraction of sp³-hybridized carbons (Fsp3) is 0.545. The van der Waals surface area contributed by atoms with Crippen molar-refractivity contribution in [3.63, 3.8) is 0 Å². The van der Waals surface area contributed by atoms with Gasteiger partial charge in [-0.05, 0) is 32.9 Å². The minimum atomic E-state index is -1.19. The van der Waals surface area contributed by atoms with Crippen LogP contribution in [0.25, 0.3) is 10.9 Å². The van der Waals surface area contributed by atoms with Gasteiger partial charge in [-0.3, -0.25) is 10.1 Å². The molecule has 2 amide bonds. The lowest BCUT2D eigenvalue weighted by Crippen LogP contribution is -2.41. The van der Waals surface area contributed by atoms with Crippen LogP contribution < -0.4 is 5.32 Å². The molecule has 0 bridgehead atoms. The zero-order valence-electron chi connectivity index (χ0n) is 19.5. The van der Waals surface area contributed by atoms with Gasteiger partial charge in [-0.2, -0.15) is 19.6 Å². The third kappa shape index (κ3) is 5.78. The van der Waals surface area contributed by atoms with Crippen LogP contribution in [0.15, 0.2) is 12.1 Å². The molecule has 1 aromatic heterocycles. The Bertz CT molecular complexity index is 1040. The third-order valence-electron chi connectivity index (χ3n) is 5.05. The molecule has 3 rings (SSSR count). The molecule has 1 aliphatic rings. The van der Waals surface area contributed by atoms with E-state index in [2.05, 4.69) is 25.0 Å². The summed E-state index contributed by atoms with van der Waals surface area (Å²) in [5.41, 5.74) is 0.895. The minimum Gasteiger partial charge on any atom is -0.444 e. The first-order chi connectivity index (χ1) is 14.8. The van der Waals surface area contributed by atoms with Crippen LogP contribution in [-0.2, 0) is 16.0 Å². The lowest BCUT2D eigenvalue weighted by atomic mass is 10.2. The Balaban J connectivity index is 1.86. The molecule has 177 valence electrons. The molecule has 0 radical (unpaired) electrons. The number of hydrogen-bond donors (Lipinski definition) is 1. The predicted molar refractivity (Wildman–Crippen MR) is 132 cm³/mol. The summed E-state index contributed by atoms with van der Waals surface area (Å²) in [6.45, 7) is 14.2. The molecular weight excluding hydrogens is 469 g/mol. The highest BCUT2D eigenvalue weighted by Crippen LogP contribution is 2.39. The van der Waals surface area contributed by atoms with Gasteiger partial charge in [-0.1, -0.05) is 23.2 Å². The molecule has 10 heteroatoms. The third-order valence-corrected chi connectivity index (χ3v) is 7.54. The van der Waals surface area contributed by atoms with Crippen molar-refractivity contribution in [2.75, 3.05) is 25.2 Å². The van der Waals surface area contributed by atoms with Gasteiger partial charge in [0.1, 0.15) is 18.0 Å². The Hall–Kier alpha value is -1.74. The van der Waals surface area contributed by atoms with E-state index in [1.54, 1.807) is 37.8 Å². The van der Waals surface area contributed by atoms with Crippen LogP contribution in [0.2, 0.25) is 35.7 Å². The topological polar surface area (TPSA) is 72.8 Å². The first-order valence-corrected chi connectivity index (χ1v) is 15.1. The second-order valence-corrected chi connectivity index (χ2v) is 16.6. The van der Waals surface area contributed by atoms with Crippen LogP contribution in [-0.4, -0.2) is 55.0 Å². The summed E-state index contributed by atoms with van der Waals surface area (Å²) in [5.74, 6) is -0.143. The number of rotatable bonds is 6. The van der Waals surface area contributed by atoms with E-state index in [-0.39, 0.29) is 17.7 Å². The summed E-state index contributed by atoms with van der Waals surface area (Å²) in [7, 11) is -1.19. The summed E-state index contributed by atoms with van der Waals surface area (Å²) in [6.07, 6.45) is -0.606. The van der Waals surface area contributed by atoms with Crippen molar-refractivity contribution in [2.45, 2.75) is 58.6 Å². The summed E-state index contributed by atoms with van der Waals surface area (Å²) in [5, 5.41) is 4.00. The predicted octanol–water partition coefficient (Wildman–Crippen LogP) is 6.06. The van der Waals surface area contributed by atoms with Crippen LogP contribution in [0, 0.1) is 0 Å². The summed E-state index contributed by atoms with van der Waals surface area (Å²) < 4.78 is 13.0. The number of benzene rings is 1. The van der Waals surface area contributed by atoms with Gasteiger partial charge in [0, 0.05) is 25.1 Å². The van der Waals surface area contributed by atoms with Gasteiger partial charge < -0.3 is 18.9 Å². The van der Waals surface area contributed by atoms with Crippen molar-refractivity contribution in [1.29, 1.82) is 0 Å². The van der Waals surface area contributed by atoms with Gasteiger partial charge in [0.25, 0.3) is 5.91 Å². The average molecular weight is 500 g/mol. The molecule has 7 nitrogen and oxygen atoms in total. The Morgan fingerprint density at radius 1 is 1.19 bits per heavy atom. The van der Waals surface area contributed by atoms with Crippen LogP contribution in [0.4, 0.5) is 10.5 Å². The zero-order valence-corrected chi connectivity index (χ0v) is 22.0. The maximum atomic E-state index is 13.1. The van der Waals surface area contributed by atoms with E-state index >= 15 is 0 Å². The van der Waals surface area contributed by atoms with E-state index in [9.17, 15) is 9.59 Å². The second-order valence-electron chi connectivity index (χ2n) is 10.2. The SMILES string of the molecule is CC(C)(C)OC(=O)Nc1cc(Cl)c(Cl)c2c1cc1n2CCN(COCC[Si-](C)(C)C)C1=O. The quantitative estimate of drug-likeness (QED) is 0.386. The highest BCUT2D eigenvalue weighted by Gasteiger charge is 2.29. The monoisotopic (exact) mass is 499 g/mol. The molecule has 1 N–H and O–H groups in total. The Kier molecular flexibility index (Phi) is 7.19. The molecule has 0 aliphatic carbocycles. The first kappa shape index (κ1) is 24.9. The normalized spacial score (nSPS) is 14.6. The molecular formula is C22H31Cl2N3O4Si-. The molecule has 0 saturated heterocycles. The van der Waals surface area contributed by atoms with Gasteiger partial charge >= 0.3 is 6.09 Å². The van der Waals surface area contributed by atoms with Crippen molar-refractivity contribution < 1.29 is 19.1 Å². The number of ether oxygens (including phenoxy) is 2. The smallest absolute Gasteiger partial charge is 0.412 e. The number of carbonyl (C=O) groups excluding carboxylic acids is 2. The molecule has 2 heterocycles. The lowest BCUT2D eigenvalue weighted by molar-refractivity contribution is 0.0222. The molecule has 0 fully saturated rings. The number of amides is 2. The number of hydrogen-bond acceptors (Lipinski definition) is 4. The second kappa shape index (κ2) is 9.25. The van der Waals surface area contributed by atoms with E-state index in [0.29, 0.717) is 47.0 Å². The largest absolute Gasteiger partial charge is 0.444 e. The zero-order chi connectivity index (χ0) is 23.8. The maximum absolute atomic E-state index is 13.1. The summed E-state index contributed by atoms with van der Waals surface area (Å²) in [4.78, 5) is 27.2. The van der Waals surface area contributed by atoms with Crippen molar-refractivity contribution in [1.82, 2.24) is 9.47 Å². The molecule has 0 saturated carbocycles. The number of nitrogens with zero attached hydrogens (tertiary/aromatic N) is 2. The molecule has 0 unspecified atom stereocenters. The number of fused-ring (bicyclic) bond motifs is 3. The first-order valence-electron chi connectivity index (χ1n) is 10.6. The van der Waals surface area contributed by atoms with Gasteiger partial charge in [0.2, 0.25) is 0 Å². The van der Waals surface area contributed by atoms with E-state index in [1.807, 2.05) is 4.57 Å². The molecule has 2 aromatic rings. The van der Waals surface area contributed by atoms with Crippen LogP contribution in [0.3, 0.4) is 0 Å². The lowest BCUT2D eigenvalue weighted by Gasteiger charge is -2.30. The average Bonchev–Trinajstić information content (AvgIpc) is 3.03. The Morgan fingerprint density at radius 2 is 1.88 bits per heavy atom. The fourth-order valence-corrected chi connectivity index (χ4v) is 4.67. The highest BCUT2D eigenvalue weighted by molar-refractivity contribution is 6.76. The van der Waals surface area contributed by atoms with E-state index < -0.39 is 19.8 Å². The standard InChI is InChI=1S/C22H31Cl2N3O4Si/c1-22(2,3)31-21(29)25-16-12-15(23)18(24)19-14(16)11-17-20(28)26(7-8-27(17)19)13-30-9-10-32(4,5)6/h11-12H,7-10,13H2,1-6H3,(H,25,29)/q-1. The van der Waals surface area contributed by atoms with Crippen LogP contribution in [0.1, 0.15) is 31.3 Å². The van der Waals surface area contributed by atoms with Crippen LogP contribution >= 0.6 is 23.2 Å². The number of halogens is 2. The number of nitrogens with one attached hydrogen (secondary N) is 1. The fourth-order valence-electron chi connectivity index (χ4n) is 3.46. The van der Waals surface area contributed by atoms with Crippen molar-refractivity contribution in [3.05, 3.63) is 27.9 Å². The van der Waals surface area contributed by atoms with Crippen LogP contribution in [0.5, 0.6) is 0 Å². The summed E-state index contributed by atoms with van der Waals surface area (Å²) in [6, 6.07) is 4.35. The molecule has 1 aliphatic heterocycles. The van der Waals surface area contributed by atoms with Gasteiger partial charge in [-0.25, -0.2) is 4.79 Å². The number of carbonyl (C=O) groups is 2. The minimum absolute atomic E-state index is 0.143. The maximum Gasteiger partial charge on any atom is 0.412 e. The van der Waals surface area contributed by atoms with Gasteiger partial charge in [0.15, 0.2) is 0 Å². The molecule has 0 spiro atoms. The van der Waals surface area contributed by atoms with Crippen molar-refractivity contribution >= 4 is 59.9 Å². The van der Waals surface area contributed by atoms with Crippen molar-refractivity contribution in [2.24, 2.45) is 0 Å². The molecule has 0 atom stereocenters. The van der Waals surface area contributed by atoms with E-state index in [1.165, 1.54) is 0 Å². The number of anilines is 1. The van der Waals surface area contributed by atoms with Gasteiger partial charge in [0.05, 0.1) is 21.2 Å². The summed E-state index contributed by atoms with van der Waals surface area (Å²) >= 11 is 12.9. The van der Waals surface area contributed by atoms with E-state index in [4.69, 9.17) is 32.7 Å². The molecule has 32 heavy (non-hydrogen) atoms. The molecule has 1 aromatic carbocycles. The van der Waals surface area contributed by atoms with Crippen molar-refractivity contribution in [3.8, 4) is 0 Å². The van der Waals surface area contributed by atoms with Gasteiger partial charge in [-0.15, -0.1) is 14.1 Å². The Labute approximate surface area is 199 Å². The number of aromatic nitrogens is 1. The van der Waals surface area contributed by atoms with E-state index in [0.717, 1.165) is 6.04 Å². The highest BCUT2D eigenvalue weighted by atomic mass is 35.5.